The van der Waals surface area contributed by atoms with E-state index in [1.165, 1.54) is 11.1 Å². The van der Waals surface area contributed by atoms with E-state index in [2.05, 4.69) is 42.7 Å². The van der Waals surface area contributed by atoms with Crippen LogP contribution < -0.4 is 20.1 Å². The minimum absolute atomic E-state index is 0.173. The summed E-state index contributed by atoms with van der Waals surface area (Å²) in [5.74, 6) is 0.610. The van der Waals surface area contributed by atoms with Gasteiger partial charge in [0.15, 0.2) is 18.1 Å². The summed E-state index contributed by atoms with van der Waals surface area (Å²) in [6.45, 7) is 8.86. The highest BCUT2D eigenvalue weighted by Gasteiger charge is 2.15. The van der Waals surface area contributed by atoms with Crippen LogP contribution in [0, 0.1) is 20.8 Å². The smallest absolute Gasteiger partial charge is 0.262 e. The highest BCUT2D eigenvalue weighted by atomic mass is 35.5. The zero-order chi connectivity index (χ0) is 23.1. The number of ether oxygens (including phenoxy) is 2. The van der Waals surface area contributed by atoms with E-state index < -0.39 is 0 Å². The average molecular weight is 453 g/mol. The molecule has 168 valence electrons. The molecular formula is C26H29ClN2O3. The summed E-state index contributed by atoms with van der Waals surface area (Å²) >= 11 is 6.51. The Morgan fingerprint density at radius 1 is 0.969 bits per heavy atom. The van der Waals surface area contributed by atoms with Gasteiger partial charge in [-0.05, 0) is 80.3 Å². The largest absolute Gasteiger partial charge is 0.490 e. The van der Waals surface area contributed by atoms with Crippen molar-refractivity contribution in [2.75, 3.05) is 23.8 Å². The lowest BCUT2D eigenvalue weighted by Crippen LogP contribution is -2.20. The maximum absolute atomic E-state index is 12.3. The minimum atomic E-state index is -0.269. The Hall–Kier alpha value is -3.18. The molecule has 5 nitrogen and oxygen atoms in total. The molecule has 0 unspecified atom stereocenters. The van der Waals surface area contributed by atoms with Crippen molar-refractivity contribution in [1.82, 2.24) is 0 Å². The van der Waals surface area contributed by atoms with E-state index in [0.717, 1.165) is 22.5 Å². The molecule has 0 atom stereocenters. The van der Waals surface area contributed by atoms with Gasteiger partial charge in [0.2, 0.25) is 0 Å². The van der Waals surface area contributed by atoms with Gasteiger partial charge in [-0.1, -0.05) is 35.9 Å². The number of carbonyl (C=O) groups excluding carboxylic acids is 1. The fourth-order valence-corrected chi connectivity index (χ4v) is 3.60. The number of rotatable bonds is 9. The lowest BCUT2D eigenvalue weighted by atomic mass is 10.1. The van der Waals surface area contributed by atoms with Gasteiger partial charge in [-0.15, -0.1) is 0 Å². The number of hydrogen-bond acceptors (Lipinski definition) is 4. The molecule has 3 aromatic rings. The average Bonchev–Trinajstić information content (AvgIpc) is 2.74. The van der Waals surface area contributed by atoms with Gasteiger partial charge in [0, 0.05) is 17.9 Å². The Morgan fingerprint density at radius 3 is 2.50 bits per heavy atom. The standard InChI is InChI=1S/C26H29ClN2O3/c1-5-31-24-14-20(15-28-23-12-18(3)9-10-19(23)4)13-22(27)26(24)32-16-25(30)29-21-8-6-7-17(2)11-21/h6-14,28H,5,15-16H2,1-4H3,(H,29,30). The lowest BCUT2D eigenvalue weighted by Gasteiger charge is -2.16. The monoisotopic (exact) mass is 452 g/mol. The number of anilines is 2. The molecular weight excluding hydrogens is 424 g/mol. The van der Waals surface area contributed by atoms with Gasteiger partial charge in [0.05, 0.1) is 11.6 Å². The van der Waals surface area contributed by atoms with Crippen LogP contribution in [0.2, 0.25) is 5.02 Å². The first-order valence-corrected chi connectivity index (χ1v) is 11.0. The Kier molecular flexibility index (Phi) is 8.01. The third-order valence-corrected chi connectivity index (χ3v) is 5.18. The quantitative estimate of drug-likeness (QED) is 0.400. The summed E-state index contributed by atoms with van der Waals surface area (Å²) in [5.41, 5.74) is 6.19. The first kappa shape index (κ1) is 23.5. The number of amides is 1. The van der Waals surface area contributed by atoms with Crippen LogP contribution in [-0.4, -0.2) is 19.1 Å². The maximum Gasteiger partial charge on any atom is 0.262 e. The third-order valence-electron chi connectivity index (χ3n) is 4.89. The Bertz CT molecular complexity index is 1100. The van der Waals surface area contributed by atoms with Crippen LogP contribution >= 0.6 is 11.6 Å². The van der Waals surface area contributed by atoms with Crippen molar-refractivity contribution in [2.45, 2.75) is 34.2 Å². The van der Waals surface area contributed by atoms with Crippen LogP contribution in [0.4, 0.5) is 11.4 Å². The molecule has 0 saturated heterocycles. The van der Waals surface area contributed by atoms with E-state index in [1.807, 2.05) is 50.2 Å². The second kappa shape index (κ2) is 10.9. The number of nitrogens with one attached hydrogen (secondary N) is 2. The van der Waals surface area contributed by atoms with Gasteiger partial charge >= 0.3 is 0 Å². The number of halogens is 1. The van der Waals surface area contributed by atoms with Crippen LogP contribution in [0.1, 0.15) is 29.2 Å². The van der Waals surface area contributed by atoms with Gasteiger partial charge in [-0.3, -0.25) is 4.79 Å². The zero-order valence-corrected chi connectivity index (χ0v) is 19.7. The molecule has 3 aromatic carbocycles. The molecule has 0 aromatic heterocycles. The Labute approximate surface area is 194 Å². The predicted octanol–water partition coefficient (Wildman–Crippen LogP) is 6.29. The van der Waals surface area contributed by atoms with Crippen LogP contribution in [0.25, 0.3) is 0 Å². The summed E-state index contributed by atoms with van der Waals surface area (Å²) in [6.07, 6.45) is 0. The van der Waals surface area contributed by atoms with Gasteiger partial charge < -0.3 is 20.1 Å². The first-order chi connectivity index (χ1) is 15.4. The molecule has 1 amide bonds. The van der Waals surface area contributed by atoms with Gasteiger partial charge in [0.25, 0.3) is 5.91 Å². The Morgan fingerprint density at radius 2 is 1.75 bits per heavy atom. The summed E-state index contributed by atoms with van der Waals surface area (Å²) in [7, 11) is 0. The normalized spacial score (nSPS) is 10.5. The molecule has 0 aliphatic carbocycles. The topological polar surface area (TPSA) is 59.6 Å². The molecule has 0 aliphatic heterocycles. The van der Waals surface area contributed by atoms with Crippen LogP contribution in [0.5, 0.6) is 11.5 Å². The molecule has 0 radical (unpaired) electrons. The molecule has 0 bridgehead atoms. The van der Waals surface area contributed by atoms with E-state index in [-0.39, 0.29) is 12.5 Å². The predicted molar refractivity (Wildman–Crippen MR) is 131 cm³/mol. The van der Waals surface area contributed by atoms with Crippen LogP contribution in [-0.2, 0) is 11.3 Å². The first-order valence-electron chi connectivity index (χ1n) is 10.6. The van der Waals surface area contributed by atoms with Gasteiger partial charge in [-0.2, -0.15) is 0 Å². The summed E-state index contributed by atoms with van der Waals surface area (Å²) in [6, 6.07) is 17.6. The van der Waals surface area contributed by atoms with Crippen molar-refractivity contribution in [3.63, 3.8) is 0 Å². The van der Waals surface area contributed by atoms with E-state index in [1.54, 1.807) is 0 Å². The van der Waals surface area contributed by atoms with Crippen molar-refractivity contribution in [2.24, 2.45) is 0 Å². The van der Waals surface area contributed by atoms with Crippen molar-refractivity contribution >= 4 is 28.9 Å². The fraction of sp³-hybridized carbons (Fsp3) is 0.269. The maximum atomic E-state index is 12.3. The summed E-state index contributed by atoms with van der Waals surface area (Å²) in [4.78, 5) is 12.3. The molecule has 6 heteroatoms. The van der Waals surface area contributed by atoms with E-state index in [0.29, 0.717) is 29.7 Å². The molecule has 3 rings (SSSR count). The Balaban J connectivity index is 1.69. The molecule has 32 heavy (non-hydrogen) atoms. The lowest BCUT2D eigenvalue weighted by molar-refractivity contribution is -0.118. The highest BCUT2D eigenvalue weighted by Crippen LogP contribution is 2.37. The van der Waals surface area contributed by atoms with Crippen molar-refractivity contribution in [1.29, 1.82) is 0 Å². The molecule has 0 heterocycles. The van der Waals surface area contributed by atoms with E-state index in [4.69, 9.17) is 21.1 Å². The molecule has 0 fully saturated rings. The second-order valence-corrected chi connectivity index (χ2v) is 8.12. The second-order valence-electron chi connectivity index (χ2n) is 7.72. The molecule has 0 spiro atoms. The van der Waals surface area contributed by atoms with Gasteiger partial charge in [-0.25, -0.2) is 0 Å². The zero-order valence-electron chi connectivity index (χ0n) is 18.9. The number of hydrogen-bond donors (Lipinski definition) is 2. The number of benzene rings is 3. The molecule has 0 saturated carbocycles. The fourth-order valence-electron chi connectivity index (χ4n) is 3.31. The SMILES string of the molecule is CCOc1cc(CNc2cc(C)ccc2C)cc(Cl)c1OCC(=O)Nc1cccc(C)c1. The number of aryl methyl sites for hydroxylation is 3. The third kappa shape index (κ3) is 6.41. The van der Waals surface area contributed by atoms with E-state index in [9.17, 15) is 4.79 Å². The van der Waals surface area contributed by atoms with Crippen molar-refractivity contribution in [3.8, 4) is 11.5 Å². The summed E-state index contributed by atoms with van der Waals surface area (Å²) in [5, 5.41) is 6.67. The number of carbonyl (C=O) groups is 1. The minimum Gasteiger partial charge on any atom is -0.490 e. The van der Waals surface area contributed by atoms with Crippen molar-refractivity contribution in [3.05, 3.63) is 81.9 Å². The van der Waals surface area contributed by atoms with Crippen molar-refractivity contribution < 1.29 is 14.3 Å². The van der Waals surface area contributed by atoms with Gasteiger partial charge in [0.1, 0.15) is 0 Å². The van der Waals surface area contributed by atoms with E-state index >= 15 is 0 Å². The van der Waals surface area contributed by atoms with Crippen LogP contribution in [0.15, 0.2) is 54.6 Å². The molecule has 2 N–H and O–H groups in total. The van der Waals surface area contributed by atoms with Crippen LogP contribution in [0.3, 0.4) is 0 Å². The molecule has 0 aliphatic rings. The highest BCUT2D eigenvalue weighted by molar-refractivity contribution is 6.32. The summed E-state index contributed by atoms with van der Waals surface area (Å²) < 4.78 is 11.5.